The Morgan fingerprint density at radius 1 is 0.921 bits per heavy atom. The van der Waals surface area contributed by atoms with Crippen molar-refractivity contribution in [3.8, 4) is 6.07 Å². The molecule has 38 heavy (non-hydrogen) atoms. The summed E-state index contributed by atoms with van der Waals surface area (Å²) in [6.07, 6.45) is -4.57. The summed E-state index contributed by atoms with van der Waals surface area (Å²) < 4.78 is 39.4. The van der Waals surface area contributed by atoms with Crippen molar-refractivity contribution < 1.29 is 18.0 Å². The molecule has 9 heteroatoms. The molecule has 0 fully saturated rings. The zero-order valence-electron chi connectivity index (χ0n) is 21.6. The van der Waals surface area contributed by atoms with E-state index in [1.807, 2.05) is 19.9 Å². The van der Waals surface area contributed by atoms with Gasteiger partial charge in [0.15, 0.2) is 0 Å². The quantitative estimate of drug-likeness (QED) is 0.225. The highest BCUT2D eigenvalue weighted by atomic mass is 35.5. The molecule has 0 aromatic heterocycles. The molecule has 0 aliphatic carbocycles. The van der Waals surface area contributed by atoms with Crippen LogP contribution in [0.2, 0.25) is 5.02 Å². The van der Waals surface area contributed by atoms with Crippen molar-refractivity contribution in [3.05, 3.63) is 103 Å². The van der Waals surface area contributed by atoms with Gasteiger partial charge in [-0.1, -0.05) is 29.8 Å². The second-order valence-electron chi connectivity index (χ2n) is 8.85. The standard InChI is InChI=1S/C29H27ClF3N3OS/c1-16-17(2)19(4)24(20(5)18(16)3)15-38-28(36-26-12-7-6-11-25(26)30)23(14-34)27(37)35-22-10-8-9-21(13-22)29(31,32)33/h6-13,36H,15H2,1-5H3,(H,35,37). The Morgan fingerprint density at radius 2 is 1.53 bits per heavy atom. The number of para-hydroxylation sites is 1. The molecule has 0 heterocycles. The number of nitriles is 1. The summed E-state index contributed by atoms with van der Waals surface area (Å²) in [6, 6.07) is 13.1. The minimum atomic E-state index is -4.57. The molecule has 0 saturated heterocycles. The maximum Gasteiger partial charge on any atom is 0.416 e. The van der Waals surface area contributed by atoms with E-state index in [9.17, 15) is 23.2 Å². The largest absolute Gasteiger partial charge is 0.416 e. The number of anilines is 2. The predicted octanol–water partition coefficient (Wildman–Crippen LogP) is 8.62. The SMILES string of the molecule is Cc1c(C)c(C)c(CSC(Nc2ccccc2Cl)=C(C#N)C(=O)Nc2cccc(C(F)(F)F)c2)c(C)c1C. The van der Waals surface area contributed by atoms with Crippen molar-refractivity contribution in [3.63, 3.8) is 0 Å². The number of amides is 1. The van der Waals surface area contributed by atoms with Crippen molar-refractivity contribution in [2.45, 2.75) is 46.5 Å². The molecule has 198 valence electrons. The predicted molar refractivity (Wildman–Crippen MR) is 149 cm³/mol. The number of nitrogens with one attached hydrogen (secondary N) is 2. The third-order valence-electron chi connectivity index (χ3n) is 6.65. The molecule has 0 bridgehead atoms. The monoisotopic (exact) mass is 557 g/mol. The van der Waals surface area contributed by atoms with Crippen LogP contribution in [0.25, 0.3) is 0 Å². The van der Waals surface area contributed by atoms with Crippen molar-refractivity contribution >= 4 is 40.6 Å². The highest BCUT2D eigenvalue weighted by Crippen LogP contribution is 2.35. The van der Waals surface area contributed by atoms with Crippen LogP contribution in [0.4, 0.5) is 24.5 Å². The number of hydrogen-bond donors (Lipinski definition) is 2. The van der Waals surface area contributed by atoms with Gasteiger partial charge in [-0.05, 0) is 98.3 Å². The van der Waals surface area contributed by atoms with Crippen LogP contribution in [0, 0.1) is 45.9 Å². The third kappa shape index (κ3) is 6.53. The normalized spacial score (nSPS) is 12.0. The molecular formula is C29H27ClF3N3OS. The molecule has 4 nitrogen and oxygen atoms in total. The Bertz CT molecular complexity index is 1430. The lowest BCUT2D eigenvalue weighted by molar-refractivity contribution is -0.137. The lowest BCUT2D eigenvalue weighted by Crippen LogP contribution is -2.18. The number of alkyl halides is 3. The van der Waals surface area contributed by atoms with Gasteiger partial charge in [-0.3, -0.25) is 4.79 Å². The average Bonchev–Trinajstić information content (AvgIpc) is 2.87. The Kier molecular flexibility index (Phi) is 9.18. The molecule has 2 N–H and O–H groups in total. The molecule has 1 amide bonds. The van der Waals surface area contributed by atoms with E-state index in [0.29, 0.717) is 16.5 Å². The summed E-state index contributed by atoms with van der Waals surface area (Å²) in [6.45, 7) is 10.3. The minimum Gasteiger partial charge on any atom is -0.348 e. The first-order chi connectivity index (χ1) is 17.8. The highest BCUT2D eigenvalue weighted by molar-refractivity contribution is 8.02. The topological polar surface area (TPSA) is 64.9 Å². The number of nitrogens with zero attached hydrogens (tertiary/aromatic N) is 1. The fraction of sp³-hybridized carbons (Fsp3) is 0.241. The summed E-state index contributed by atoms with van der Waals surface area (Å²) in [4.78, 5) is 13.2. The second-order valence-corrected chi connectivity index (χ2v) is 10.2. The number of carbonyl (C=O) groups is 1. The lowest BCUT2D eigenvalue weighted by Gasteiger charge is -2.20. The maximum atomic E-state index is 13.2. The van der Waals surface area contributed by atoms with Crippen LogP contribution in [0.3, 0.4) is 0 Å². The van der Waals surface area contributed by atoms with Crippen LogP contribution in [0.5, 0.6) is 0 Å². The number of benzene rings is 3. The van der Waals surface area contributed by atoms with Gasteiger partial charge < -0.3 is 10.6 Å². The minimum absolute atomic E-state index is 0.0730. The second kappa shape index (κ2) is 12.0. The first kappa shape index (κ1) is 29.2. The molecule has 3 aromatic rings. The Morgan fingerprint density at radius 3 is 2.11 bits per heavy atom. The summed E-state index contributed by atoms with van der Waals surface area (Å²) in [5.74, 6) is -0.382. The van der Waals surface area contributed by atoms with Crippen molar-refractivity contribution in [2.75, 3.05) is 10.6 Å². The van der Waals surface area contributed by atoms with Gasteiger partial charge in [0.05, 0.1) is 21.3 Å². The molecule has 3 aromatic carbocycles. The van der Waals surface area contributed by atoms with Crippen LogP contribution in [-0.2, 0) is 16.7 Å². The van der Waals surface area contributed by atoms with Crippen molar-refractivity contribution in [1.82, 2.24) is 0 Å². The molecule has 0 spiro atoms. The van der Waals surface area contributed by atoms with E-state index in [2.05, 4.69) is 31.4 Å². The Balaban J connectivity index is 2.02. The van der Waals surface area contributed by atoms with Crippen LogP contribution in [0.15, 0.2) is 59.1 Å². The molecule has 0 saturated carbocycles. The van der Waals surface area contributed by atoms with E-state index >= 15 is 0 Å². The Hall–Kier alpha value is -3.41. The smallest absolute Gasteiger partial charge is 0.348 e. The van der Waals surface area contributed by atoms with Gasteiger partial charge in [0, 0.05) is 11.4 Å². The van der Waals surface area contributed by atoms with Gasteiger partial charge in [0.25, 0.3) is 5.91 Å². The molecular weight excluding hydrogens is 531 g/mol. The van der Waals surface area contributed by atoms with Crippen molar-refractivity contribution in [1.29, 1.82) is 5.26 Å². The van der Waals surface area contributed by atoms with E-state index in [1.54, 1.807) is 24.3 Å². The van der Waals surface area contributed by atoms with Crippen LogP contribution >= 0.6 is 23.4 Å². The summed E-state index contributed by atoms with van der Waals surface area (Å²) in [5, 5.41) is 16.1. The zero-order valence-corrected chi connectivity index (χ0v) is 23.2. The van der Waals surface area contributed by atoms with Gasteiger partial charge in [0.1, 0.15) is 11.6 Å². The molecule has 0 radical (unpaired) electrons. The third-order valence-corrected chi connectivity index (χ3v) is 8.01. The zero-order chi connectivity index (χ0) is 28.2. The van der Waals surface area contributed by atoms with Crippen molar-refractivity contribution in [2.24, 2.45) is 0 Å². The number of halogens is 4. The highest BCUT2D eigenvalue weighted by Gasteiger charge is 2.30. The van der Waals surface area contributed by atoms with Gasteiger partial charge in [-0.2, -0.15) is 18.4 Å². The summed E-state index contributed by atoms with van der Waals surface area (Å²) in [5.41, 5.74) is 6.15. The fourth-order valence-corrected chi connectivity index (χ4v) is 5.34. The molecule has 0 aliphatic heterocycles. The van der Waals surface area contributed by atoms with E-state index in [-0.39, 0.29) is 16.3 Å². The molecule has 0 atom stereocenters. The van der Waals surface area contributed by atoms with Gasteiger partial charge in [-0.25, -0.2) is 0 Å². The number of rotatable bonds is 7. The first-order valence-electron chi connectivity index (χ1n) is 11.7. The summed E-state index contributed by atoms with van der Waals surface area (Å²) in [7, 11) is 0. The van der Waals surface area contributed by atoms with Gasteiger partial charge >= 0.3 is 6.18 Å². The van der Waals surface area contributed by atoms with E-state index in [1.165, 1.54) is 40.6 Å². The molecule has 0 unspecified atom stereocenters. The average molecular weight is 558 g/mol. The number of hydrogen-bond acceptors (Lipinski definition) is 4. The fourth-order valence-electron chi connectivity index (χ4n) is 3.97. The van der Waals surface area contributed by atoms with E-state index in [0.717, 1.165) is 28.8 Å². The number of thioether (sulfide) groups is 1. The van der Waals surface area contributed by atoms with Crippen LogP contribution in [-0.4, -0.2) is 5.91 Å². The molecule has 0 aliphatic rings. The van der Waals surface area contributed by atoms with E-state index in [4.69, 9.17) is 11.6 Å². The number of carbonyl (C=O) groups excluding carboxylic acids is 1. The molecule has 3 rings (SSSR count). The van der Waals surface area contributed by atoms with Crippen LogP contribution < -0.4 is 10.6 Å². The maximum absolute atomic E-state index is 13.2. The Labute approximate surface area is 229 Å². The van der Waals surface area contributed by atoms with Gasteiger partial charge in [0.2, 0.25) is 0 Å². The summed E-state index contributed by atoms with van der Waals surface area (Å²) >= 11 is 7.58. The van der Waals surface area contributed by atoms with E-state index < -0.39 is 17.6 Å². The van der Waals surface area contributed by atoms with Gasteiger partial charge in [-0.15, -0.1) is 11.8 Å². The lowest BCUT2D eigenvalue weighted by atomic mass is 9.90. The first-order valence-corrected chi connectivity index (χ1v) is 13.0. The van der Waals surface area contributed by atoms with Crippen LogP contribution in [0.1, 0.15) is 38.9 Å².